The van der Waals surface area contributed by atoms with Gasteiger partial charge in [0.2, 0.25) is 5.88 Å². The van der Waals surface area contributed by atoms with Crippen molar-refractivity contribution in [2.24, 2.45) is 5.92 Å². The molecule has 4 heteroatoms. The van der Waals surface area contributed by atoms with Gasteiger partial charge in [0.25, 0.3) is 0 Å². The summed E-state index contributed by atoms with van der Waals surface area (Å²) in [7, 11) is 0. The van der Waals surface area contributed by atoms with E-state index in [0.29, 0.717) is 18.4 Å². The molecule has 0 amide bonds. The second-order valence-electron chi connectivity index (χ2n) is 4.40. The SMILES string of the molecule is CCOc1ccc2[nH]c(C3CC3C)nc2n1. The van der Waals surface area contributed by atoms with Crippen molar-refractivity contribution < 1.29 is 4.74 Å². The van der Waals surface area contributed by atoms with Gasteiger partial charge in [-0.3, -0.25) is 0 Å². The Morgan fingerprint density at radius 3 is 2.94 bits per heavy atom. The Morgan fingerprint density at radius 1 is 1.44 bits per heavy atom. The summed E-state index contributed by atoms with van der Waals surface area (Å²) in [6.07, 6.45) is 1.23. The summed E-state index contributed by atoms with van der Waals surface area (Å²) in [4.78, 5) is 12.2. The summed E-state index contributed by atoms with van der Waals surface area (Å²) in [6.45, 7) is 4.83. The quantitative estimate of drug-likeness (QED) is 0.859. The fourth-order valence-electron chi connectivity index (χ4n) is 2.00. The molecule has 2 unspecified atom stereocenters. The van der Waals surface area contributed by atoms with Crippen molar-refractivity contribution in [3.05, 3.63) is 18.0 Å². The molecule has 2 heterocycles. The van der Waals surface area contributed by atoms with Gasteiger partial charge < -0.3 is 9.72 Å². The Kier molecular flexibility index (Phi) is 2.09. The summed E-state index contributed by atoms with van der Waals surface area (Å²) < 4.78 is 5.36. The molecule has 2 aromatic rings. The van der Waals surface area contributed by atoms with Crippen LogP contribution in [0.3, 0.4) is 0 Å². The molecule has 16 heavy (non-hydrogen) atoms. The van der Waals surface area contributed by atoms with Gasteiger partial charge in [0.15, 0.2) is 5.65 Å². The molecular weight excluding hydrogens is 202 g/mol. The number of hydrogen-bond acceptors (Lipinski definition) is 3. The summed E-state index contributed by atoms with van der Waals surface area (Å²) in [6, 6.07) is 3.86. The van der Waals surface area contributed by atoms with E-state index in [4.69, 9.17) is 4.74 Å². The largest absolute Gasteiger partial charge is 0.478 e. The highest BCUT2D eigenvalue weighted by molar-refractivity contribution is 5.71. The summed E-state index contributed by atoms with van der Waals surface area (Å²) >= 11 is 0. The number of fused-ring (bicyclic) bond motifs is 1. The molecular formula is C12H15N3O. The number of nitrogens with zero attached hydrogens (tertiary/aromatic N) is 2. The average molecular weight is 217 g/mol. The molecule has 4 nitrogen and oxygen atoms in total. The van der Waals surface area contributed by atoms with Crippen molar-refractivity contribution in [2.75, 3.05) is 6.61 Å². The van der Waals surface area contributed by atoms with E-state index in [2.05, 4.69) is 21.9 Å². The van der Waals surface area contributed by atoms with Crippen LogP contribution in [0.4, 0.5) is 0 Å². The van der Waals surface area contributed by atoms with E-state index in [1.807, 2.05) is 19.1 Å². The number of aromatic nitrogens is 3. The summed E-state index contributed by atoms with van der Waals surface area (Å²) in [5, 5.41) is 0. The highest BCUT2D eigenvalue weighted by Gasteiger charge is 2.36. The van der Waals surface area contributed by atoms with Crippen LogP contribution in [-0.4, -0.2) is 21.6 Å². The van der Waals surface area contributed by atoms with Gasteiger partial charge in [0.05, 0.1) is 12.1 Å². The van der Waals surface area contributed by atoms with Gasteiger partial charge >= 0.3 is 0 Å². The van der Waals surface area contributed by atoms with Crippen LogP contribution in [0, 0.1) is 5.92 Å². The van der Waals surface area contributed by atoms with Crippen LogP contribution in [0.1, 0.15) is 32.0 Å². The average Bonchev–Trinajstić information content (AvgIpc) is 2.86. The highest BCUT2D eigenvalue weighted by atomic mass is 16.5. The van der Waals surface area contributed by atoms with Gasteiger partial charge in [0.1, 0.15) is 5.82 Å². The van der Waals surface area contributed by atoms with Gasteiger partial charge in [-0.25, -0.2) is 4.98 Å². The van der Waals surface area contributed by atoms with Gasteiger partial charge in [-0.2, -0.15) is 4.98 Å². The fourth-order valence-corrected chi connectivity index (χ4v) is 2.00. The zero-order chi connectivity index (χ0) is 11.1. The minimum atomic E-state index is 0.602. The molecule has 1 fully saturated rings. The van der Waals surface area contributed by atoms with Crippen molar-refractivity contribution in [3.8, 4) is 5.88 Å². The lowest BCUT2D eigenvalue weighted by molar-refractivity contribution is 0.328. The van der Waals surface area contributed by atoms with Crippen molar-refractivity contribution >= 4 is 11.2 Å². The Morgan fingerprint density at radius 2 is 2.25 bits per heavy atom. The Hall–Kier alpha value is -1.58. The van der Waals surface area contributed by atoms with Gasteiger partial charge in [0, 0.05) is 12.0 Å². The third kappa shape index (κ3) is 1.54. The Labute approximate surface area is 94.1 Å². The standard InChI is InChI=1S/C12H15N3O/c1-3-16-10-5-4-9-12(14-10)15-11(13-9)8-6-7(8)2/h4-5,7-8H,3,6H2,1-2H3,(H,13,14,15). The van der Waals surface area contributed by atoms with Crippen LogP contribution in [0.25, 0.3) is 11.2 Å². The number of imidazole rings is 1. The first-order chi connectivity index (χ1) is 7.78. The zero-order valence-electron chi connectivity index (χ0n) is 9.53. The third-order valence-electron chi connectivity index (χ3n) is 3.09. The summed E-state index contributed by atoms with van der Waals surface area (Å²) in [5.41, 5.74) is 1.76. The molecule has 84 valence electrons. The molecule has 3 rings (SSSR count). The number of rotatable bonds is 3. The Balaban J connectivity index is 1.97. The first kappa shape index (κ1) is 9.63. The molecule has 0 aliphatic heterocycles. The first-order valence-corrected chi connectivity index (χ1v) is 5.77. The molecule has 0 bridgehead atoms. The molecule has 0 spiro atoms. The van der Waals surface area contributed by atoms with Crippen LogP contribution in [0.5, 0.6) is 5.88 Å². The smallest absolute Gasteiger partial charge is 0.215 e. The fraction of sp³-hybridized carbons (Fsp3) is 0.500. The number of aromatic amines is 1. The van der Waals surface area contributed by atoms with Crippen molar-refractivity contribution in [1.82, 2.24) is 15.0 Å². The molecule has 0 aromatic carbocycles. The summed E-state index contributed by atoms with van der Waals surface area (Å²) in [5.74, 6) is 3.08. The minimum absolute atomic E-state index is 0.602. The van der Waals surface area contributed by atoms with E-state index in [9.17, 15) is 0 Å². The van der Waals surface area contributed by atoms with Crippen molar-refractivity contribution in [2.45, 2.75) is 26.2 Å². The van der Waals surface area contributed by atoms with Crippen LogP contribution < -0.4 is 4.74 Å². The van der Waals surface area contributed by atoms with E-state index in [1.54, 1.807) is 0 Å². The zero-order valence-corrected chi connectivity index (χ0v) is 9.53. The predicted molar refractivity (Wildman–Crippen MR) is 61.6 cm³/mol. The van der Waals surface area contributed by atoms with Gasteiger partial charge in [-0.05, 0) is 25.3 Å². The second kappa shape index (κ2) is 3.47. The van der Waals surface area contributed by atoms with Crippen molar-refractivity contribution in [1.29, 1.82) is 0 Å². The molecule has 2 atom stereocenters. The normalized spacial score (nSPS) is 23.6. The number of ether oxygens (including phenoxy) is 1. The number of pyridine rings is 1. The van der Waals surface area contributed by atoms with Crippen LogP contribution in [0.15, 0.2) is 12.1 Å². The van der Waals surface area contributed by atoms with E-state index in [0.717, 1.165) is 22.9 Å². The molecule has 1 N–H and O–H groups in total. The van der Waals surface area contributed by atoms with Crippen LogP contribution in [-0.2, 0) is 0 Å². The lowest BCUT2D eigenvalue weighted by Gasteiger charge is -1.99. The maximum Gasteiger partial charge on any atom is 0.215 e. The topological polar surface area (TPSA) is 50.8 Å². The third-order valence-corrected chi connectivity index (χ3v) is 3.09. The highest BCUT2D eigenvalue weighted by Crippen LogP contribution is 2.45. The number of H-pyrrole nitrogens is 1. The van der Waals surface area contributed by atoms with E-state index in [1.165, 1.54) is 6.42 Å². The molecule has 0 radical (unpaired) electrons. The van der Waals surface area contributed by atoms with Gasteiger partial charge in [-0.15, -0.1) is 0 Å². The predicted octanol–water partition coefficient (Wildman–Crippen LogP) is 2.48. The maximum absolute atomic E-state index is 5.36. The van der Waals surface area contributed by atoms with E-state index in [-0.39, 0.29) is 0 Å². The lowest BCUT2D eigenvalue weighted by Crippen LogP contribution is -1.93. The van der Waals surface area contributed by atoms with Crippen LogP contribution >= 0.6 is 0 Å². The van der Waals surface area contributed by atoms with Gasteiger partial charge in [-0.1, -0.05) is 6.92 Å². The lowest BCUT2D eigenvalue weighted by atomic mass is 10.3. The molecule has 0 saturated heterocycles. The van der Waals surface area contributed by atoms with Crippen molar-refractivity contribution in [3.63, 3.8) is 0 Å². The number of nitrogens with one attached hydrogen (secondary N) is 1. The molecule has 2 aromatic heterocycles. The van der Waals surface area contributed by atoms with E-state index < -0.39 is 0 Å². The molecule has 1 saturated carbocycles. The first-order valence-electron chi connectivity index (χ1n) is 5.77. The Bertz CT molecular complexity index is 520. The second-order valence-corrected chi connectivity index (χ2v) is 4.40. The maximum atomic E-state index is 5.36. The molecule has 1 aliphatic rings. The number of hydrogen-bond donors (Lipinski definition) is 1. The minimum Gasteiger partial charge on any atom is -0.478 e. The monoisotopic (exact) mass is 217 g/mol. The van der Waals surface area contributed by atoms with Crippen LogP contribution in [0.2, 0.25) is 0 Å². The van der Waals surface area contributed by atoms with E-state index >= 15 is 0 Å². The molecule has 1 aliphatic carbocycles.